The number of hydrogen-bond donors (Lipinski definition) is 3. The van der Waals surface area contributed by atoms with Crippen LogP contribution in [0.1, 0.15) is 32.1 Å². The molecule has 1 aromatic carbocycles. The van der Waals surface area contributed by atoms with Crippen molar-refractivity contribution in [2.45, 2.75) is 32.1 Å². The van der Waals surface area contributed by atoms with Gasteiger partial charge in [0, 0.05) is 11.1 Å². The Morgan fingerprint density at radius 3 is 2.53 bits per heavy atom. The minimum Gasteiger partial charge on any atom is -0.396 e. The maximum Gasteiger partial charge on any atom is 0.193 e. The van der Waals surface area contributed by atoms with Gasteiger partial charge in [0.25, 0.3) is 0 Å². The van der Waals surface area contributed by atoms with E-state index in [1.165, 1.54) is 19.3 Å². The lowest BCUT2D eigenvalue weighted by molar-refractivity contribution is 0.0908. The Labute approximate surface area is 114 Å². The van der Waals surface area contributed by atoms with Crippen LogP contribution in [0.2, 0.25) is 0 Å². The van der Waals surface area contributed by atoms with Gasteiger partial charge in [-0.2, -0.15) is 0 Å². The van der Waals surface area contributed by atoms with Gasteiger partial charge >= 0.3 is 0 Å². The second-order valence-electron chi connectivity index (χ2n) is 5.41. The Hall–Kier alpha value is -1.55. The lowest BCUT2D eigenvalue weighted by Gasteiger charge is -2.34. The summed E-state index contributed by atoms with van der Waals surface area (Å²) in [5.41, 5.74) is 6.78. The molecule has 0 radical (unpaired) electrons. The van der Waals surface area contributed by atoms with E-state index in [1.807, 2.05) is 30.3 Å². The fourth-order valence-electron chi connectivity index (χ4n) is 2.63. The highest BCUT2D eigenvalue weighted by Crippen LogP contribution is 2.36. The molecule has 1 aromatic rings. The molecule has 19 heavy (non-hydrogen) atoms. The van der Waals surface area contributed by atoms with Gasteiger partial charge in [0.2, 0.25) is 0 Å². The fraction of sp³-hybridized carbons (Fsp3) is 0.533. The van der Waals surface area contributed by atoms with Crippen molar-refractivity contribution in [1.82, 2.24) is 0 Å². The molecule has 4 N–H and O–H groups in total. The zero-order chi connectivity index (χ0) is 13.6. The van der Waals surface area contributed by atoms with Crippen LogP contribution >= 0.6 is 0 Å². The summed E-state index contributed by atoms with van der Waals surface area (Å²) < 4.78 is 0. The number of aliphatic hydroxyl groups is 1. The Bertz CT molecular complexity index is 411. The van der Waals surface area contributed by atoms with Crippen LogP contribution in [0, 0.1) is 5.41 Å². The van der Waals surface area contributed by atoms with Gasteiger partial charge in [-0.05, 0) is 25.0 Å². The topological polar surface area (TPSA) is 70.6 Å². The molecule has 1 aliphatic carbocycles. The van der Waals surface area contributed by atoms with Crippen LogP contribution in [0.5, 0.6) is 0 Å². The van der Waals surface area contributed by atoms with Crippen LogP contribution in [0.4, 0.5) is 5.69 Å². The van der Waals surface area contributed by atoms with Gasteiger partial charge in [0.15, 0.2) is 5.96 Å². The summed E-state index contributed by atoms with van der Waals surface area (Å²) in [5, 5.41) is 12.7. The van der Waals surface area contributed by atoms with Gasteiger partial charge in [0.1, 0.15) is 0 Å². The molecular weight excluding hydrogens is 238 g/mol. The number of anilines is 1. The normalized spacial score (nSPS) is 19.1. The van der Waals surface area contributed by atoms with Crippen molar-refractivity contribution in [3.8, 4) is 0 Å². The highest BCUT2D eigenvalue weighted by molar-refractivity contribution is 5.92. The summed E-state index contributed by atoms with van der Waals surface area (Å²) in [4.78, 5) is 4.41. The molecule has 0 aliphatic heterocycles. The van der Waals surface area contributed by atoms with Crippen molar-refractivity contribution in [2.75, 3.05) is 18.5 Å². The molecule has 4 nitrogen and oxygen atoms in total. The average Bonchev–Trinajstić information content (AvgIpc) is 2.47. The van der Waals surface area contributed by atoms with Gasteiger partial charge in [-0.3, -0.25) is 4.99 Å². The van der Waals surface area contributed by atoms with Crippen molar-refractivity contribution in [1.29, 1.82) is 0 Å². The first-order chi connectivity index (χ1) is 9.24. The molecule has 0 bridgehead atoms. The summed E-state index contributed by atoms with van der Waals surface area (Å²) in [6.45, 7) is 0.810. The van der Waals surface area contributed by atoms with E-state index < -0.39 is 0 Å². The van der Waals surface area contributed by atoms with E-state index in [0.29, 0.717) is 12.5 Å². The summed E-state index contributed by atoms with van der Waals surface area (Å²) in [7, 11) is 0. The zero-order valence-electron chi connectivity index (χ0n) is 11.3. The van der Waals surface area contributed by atoms with Gasteiger partial charge in [-0.25, -0.2) is 0 Å². The van der Waals surface area contributed by atoms with E-state index in [4.69, 9.17) is 5.73 Å². The quantitative estimate of drug-likeness (QED) is 0.575. The number of aliphatic hydroxyl groups excluding tert-OH is 1. The second kappa shape index (κ2) is 6.57. The van der Waals surface area contributed by atoms with Gasteiger partial charge in [0.05, 0.1) is 13.2 Å². The molecule has 1 aliphatic rings. The van der Waals surface area contributed by atoms with Gasteiger partial charge in [-0.1, -0.05) is 37.5 Å². The van der Waals surface area contributed by atoms with Crippen molar-refractivity contribution >= 4 is 11.6 Å². The molecule has 1 fully saturated rings. The van der Waals surface area contributed by atoms with Crippen molar-refractivity contribution in [3.05, 3.63) is 30.3 Å². The third-order valence-corrected chi connectivity index (χ3v) is 3.88. The maximum atomic E-state index is 9.61. The molecule has 1 saturated carbocycles. The number of para-hydroxylation sites is 1. The molecule has 0 saturated heterocycles. The maximum absolute atomic E-state index is 9.61. The largest absolute Gasteiger partial charge is 0.396 e. The first-order valence-corrected chi connectivity index (χ1v) is 6.97. The minimum atomic E-state index is -0.0543. The second-order valence-corrected chi connectivity index (χ2v) is 5.41. The molecule has 0 unspecified atom stereocenters. The summed E-state index contributed by atoms with van der Waals surface area (Å²) >= 11 is 0. The predicted molar refractivity (Wildman–Crippen MR) is 79.2 cm³/mol. The number of hydrogen-bond acceptors (Lipinski definition) is 2. The summed E-state index contributed by atoms with van der Waals surface area (Å²) in [6, 6.07) is 9.76. The minimum absolute atomic E-state index is 0.0543. The van der Waals surface area contributed by atoms with Crippen LogP contribution < -0.4 is 11.1 Å². The number of guanidine groups is 1. The third kappa shape index (κ3) is 3.96. The predicted octanol–water partition coefficient (Wildman–Crippen LogP) is 2.36. The summed E-state index contributed by atoms with van der Waals surface area (Å²) in [6.07, 6.45) is 5.73. The van der Waals surface area contributed by atoms with Crippen LogP contribution in [0.25, 0.3) is 0 Å². The van der Waals surface area contributed by atoms with Gasteiger partial charge in [-0.15, -0.1) is 0 Å². The molecule has 0 amide bonds. The number of nitrogens with one attached hydrogen (secondary N) is 1. The average molecular weight is 261 g/mol. The van der Waals surface area contributed by atoms with Crippen molar-refractivity contribution < 1.29 is 5.11 Å². The molecule has 0 atom stereocenters. The Balaban J connectivity index is 1.93. The molecule has 0 aromatic heterocycles. The van der Waals surface area contributed by atoms with Crippen LogP contribution in [0.15, 0.2) is 35.3 Å². The van der Waals surface area contributed by atoms with E-state index in [1.54, 1.807) is 0 Å². The standard InChI is InChI=1S/C15H23N3O/c16-14(18-13-7-3-1-4-8-13)17-11-15(12-19)9-5-2-6-10-15/h1,3-4,7-8,19H,2,5-6,9-12H2,(H3,16,17,18). The molecule has 104 valence electrons. The molecule has 4 heteroatoms. The third-order valence-electron chi connectivity index (χ3n) is 3.88. The fourth-order valence-corrected chi connectivity index (χ4v) is 2.63. The van der Waals surface area contributed by atoms with Crippen LogP contribution in [0.3, 0.4) is 0 Å². The van der Waals surface area contributed by atoms with E-state index >= 15 is 0 Å². The lowest BCUT2D eigenvalue weighted by atomic mass is 9.75. The summed E-state index contributed by atoms with van der Waals surface area (Å²) in [5.74, 6) is 0.421. The zero-order valence-corrected chi connectivity index (χ0v) is 11.3. The van der Waals surface area contributed by atoms with Gasteiger partial charge < -0.3 is 16.2 Å². The van der Waals surface area contributed by atoms with E-state index in [0.717, 1.165) is 18.5 Å². The molecule has 0 heterocycles. The van der Waals surface area contributed by atoms with Crippen molar-refractivity contribution in [2.24, 2.45) is 16.1 Å². The van der Waals surface area contributed by atoms with E-state index in [9.17, 15) is 5.11 Å². The Kier molecular flexibility index (Phi) is 4.80. The molecule has 2 rings (SSSR count). The first kappa shape index (κ1) is 13.9. The molecular formula is C15H23N3O. The smallest absolute Gasteiger partial charge is 0.193 e. The molecule has 0 spiro atoms. The monoisotopic (exact) mass is 261 g/mol. The van der Waals surface area contributed by atoms with Crippen LogP contribution in [-0.4, -0.2) is 24.2 Å². The van der Waals surface area contributed by atoms with Crippen LogP contribution in [-0.2, 0) is 0 Å². The van der Waals surface area contributed by atoms with E-state index in [2.05, 4.69) is 10.3 Å². The number of aliphatic imine (C=N–C) groups is 1. The Morgan fingerprint density at radius 1 is 1.21 bits per heavy atom. The highest BCUT2D eigenvalue weighted by Gasteiger charge is 2.31. The number of rotatable bonds is 4. The van der Waals surface area contributed by atoms with E-state index in [-0.39, 0.29) is 12.0 Å². The number of nitrogens with two attached hydrogens (primary N) is 1. The SMILES string of the molecule is NC(=NCC1(CO)CCCCC1)Nc1ccccc1. The Morgan fingerprint density at radius 2 is 1.89 bits per heavy atom. The highest BCUT2D eigenvalue weighted by atomic mass is 16.3. The first-order valence-electron chi connectivity index (χ1n) is 6.97. The lowest BCUT2D eigenvalue weighted by Crippen LogP contribution is -2.33. The van der Waals surface area contributed by atoms with Crippen molar-refractivity contribution in [3.63, 3.8) is 0 Å². The number of nitrogens with zero attached hydrogens (tertiary/aromatic N) is 1. The number of benzene rings is 1.